The second-order valence-electron chi connectivity index (χ2n) is 4.27. The molecule has 0 spiro atoms. The predicted molar refractivity (Wildman–Crippen MR) is 77.9 cm³/mol. The van der Waals surface area contributed by atoms with Crippen LogP contribution in [-0.4, -0.2) is 10.0 Å². The van der Waals surface area contributed by atoms with Gasteiger partial charge in [-0.1, -0.05) is 22.9 Å². The smallest absolute Gasteiger partial charge is 0.323 e. The van der Waals surface area contributed by atoms with Crippen molar-refractivity contribution in [2.45, 2.75) is 20.0 Å². The lowest BCUT2D eigenvalue weighted by Crippen LogP contribution is -1.90. The summed E-state index contributed by atoms with van der Waals surface area (Å²) in [6, 6.07) is 6.34. The van der Waals surface area contributed by atoms with E-state index in [-0.39, 0.29) is 10.8 Å². The standard InChI is InChI=1S/C13H12ClNO4S/c1-7-5-9(3-4-10(7)14)19-13-11(15(17)18)6-12(20-13)8(2)16/h3-6,8,16H,1-2H3/t8-/m0/s1. The van der Waals surface area contributed by atoms with Crippen LogP contribution in [0.15, 0.2) is 24.3 Å². The summed E-state index contributed by atoms with van der Waals surface area (Å²) in [4.78, 5) is 11.0. The molecule has 0 radical (unpaired) electrons. The number of aryl methyl sites for hydroxylation is 1. The largest absolute Gasteiger partial charge is 0.440 e. The van der Waals surface area contributed by atoms with Crippen LogP contribution in [0.2, 0.25) is 5.02 Å². The molecule has 0 aliphatic rings. The minimum atomic E-state index is -0.775. The maximum atomic E-state index is 11.0. The topological polar surface area (TPSA) is 72.6 Å². The molecule has 106 valence electrons. The van der Waals surface area contributed by atoms with Crippen molar-refractivity contribution in [1.82, 2.24) is 0 Å². The number of halogens is 1. The monoisotopic (exact) mass is 313 g/mol. The molecule has 0 aliphatic carbocycles. The Hall–Kier alpha value is -1.63. The van der Waals surface area contributed by atoms with Crippen LogP contribution in [0.25, 0.3) is 0 Å². The van der Waals surface area contributed by atoms with Gasteiger partial charge in [0.25, 0.3) is 5.06 Å². The van der Waals surface area contributed by atoms with Gasteiger partial charge in [0.05, 0.1) is 11.0 Å². The summed E-state index contributed by atoms with van der Waals surface area (Å²) in [7, 11) is 0. The number of hydrogen-bond acceptors (Lipinski definition) is 5. The number of rotatable bonds is 4. The summed E-state index contributed by atoms with van der Waals surface area (Å²) in [5.41, 5.74) is 0.664. The highest BCUT2D eigenvalue weighted by Gasteiger charge is 2.23. The van der Waals surface area contributed by atoms with Gasteiger partial charge in [0.2, 0.25) is 0 Å². The quantitative estimate of drug-likeness (QED) is 0.668. The first-order valence-electron chi connectivity index (χ1n) is 5.78. The van der Waals surface area contributed by atoms with Crippen molar-refractivity contribution < 1.29 is 14.8 Å². The summed E-state index contributed by atoms with van der Waals surface area (Å²) in [5.74, 6) is 0.467. The van der Waals surface area contributed by atoms with Crippen LogP contribution in [0.5, 0.6) is 10.8 Å². The van der Waals surface area contributed by atoms with Gasteiger partial charge in [-0.15, -0.1) is 0 Å². The molecule has 0 aliphatic heterocycles. The number of thiophene rings is 1. The number of ether oxygens (including phenoxy) is 1. The summed E-state index contributed by atoms with van der Waals surface area (Å²) >= 11 is 6.97. The Bertz CT molecular complexity index is 654. The average molecular weight is 314 g/mol. The van der Waals surface area contributed by atoms with Gasteiger partial charge in [0.15, 0.2) is 0 Å². The van der Waals surface area contributed by atoms with E-state index in [1.165, 1.54) is 6.07 Å². The van der Waals surface area contributed by atoms with Crippen molar-refractivity contribution in [3.8, 4) is 10.8 Å². The molecule has 2 rings (SSSR count). The molecule has 1 N–H and O–H groups in total. The first-order valence-corrected chi connectivity index (χ1v) is 6.98. The molecule has 2 aromatic rings. The zero-order valence-corrected chi connectivity index (χ0v) is 12.4. The number of hydrogen-bond donors (Lipinski definition) is 1. The lowest BCUT2D eigenvalue weighted by atomic mass is 10.2. The van der Waals surface area contributed by atoms with Crippen molar-refractivity contribution in [2.75, 3.05) is 0 Å². The van der Waals surface area contributed by atoms with E-state index in [2.05, 4.69) is 0 Å². The highest BCUT2D eigenvalue weighted by Crippen LogP contribution is 2.42. The maximum Gasteiger partial charge on any atom is 0.323 e. The second-order valence-corrected chi connectivity index (χ2v) is 5.72. The lowest BCUT2D eigenvalue weighted by molar-refractivity contribution is -0.385. The zero-order valence-electron chi connectivity index (χ0n) is 10.8. The SMILES string of the molecule is Cc1cc(Oc2sc([C@H](C)O)cc2[N+](=O)[O-])ccc1Cl. The predicted octanol–water partition coefficient (Wildman–Crippen LogP) is 4.46. The fourth-order valence-electron chi connectivity index (χ4n) is 1.58. The van der Waals surface area contributed by atoms with Crippen molar-refractivity contribution in [3.05, 3.63) is 49.8 Å². The third-order valence-corrected chi connectivity index (χ3v) is 4.24. The normalized spacial score (nSPS) is 12.2. The molecule has 1 aromatic carbocycles. The van der Waals surface area contributed by atoms with Crippen LogP contribution in [-0.2, 0) is 0 Å². The van der Waals surface area contributed by atoms with Crippen molar-refractivity contribution in [2.24, 2.45) is 0 Å². The third-order valence-electron chi connectivity index (χ3n) is 2.65. The maximum absolute atomic E-state index is 11.0. The molecule has 0 amide bonds. The van der Waals surface area contributed by atoms with Crippen LogP contribution >= 0.6 is 22.9 Å². The van der Waals surface area contributed by atoms with E-state index >= 15 is 0 Å². The number of aliphatic hydroxyl groups excluding tert-OH is 1. The van der Waals surface area contributed by atoms with Crippen molar-refractivity contribution in [3.63, 3.8) is 0 Å². The van der Waals surface area contributed by atoms with Crippen LogP contribution in [0.1, 0.15) is 23.5 Å². The molecule has 1 atom stereocenters. The van der Waals surface area contributed by atoms with Crippen LogP contribution in [0.4, 0.5) is 5.69 Å². The van der Waals surface area contributed by atoms with Gasteiger partial charge in [-0.25, -0.2) is 0 Å². The summed E-state index contributed by atoms with van der Waals surface area (Å²) in [6.45, 7) is 3.37. The van der Waals surface area contributed by atoms with E-state index in [9.17, 15) is 15.2 Å². The average Bonchev–Trinajstić information content (AvgIpc) is 2.78. The summed E-state index contributed by atoms with van der Waals surface area (Å²) < 4.78 is 5.54. The van der Waals surface area contributed by atoms with Gasteiger partial charge in [-0.2, -0.15) is 0 Å². The van der Waals surface area contributed by atoms with Gasteiger partial charge in [0, 0.05) is 16.0 Å². The molecule has 0 bridgehead atoms. The number of benzene rings is 1. The third kappa shape index (κ3) is 3.09. The highest BCUT2D eigenvalue weighted by molar-refractivity contribution is 7.14. The highest BCUT2D eigenvalue weighted by atomic mass is 35.5. The van der Waals surface area contributed by atoms with Gasteiger partial charge < -0.3 is 9.84 Å². The van der Waals surface area contributed by atoms with Crippen molar-refractivity contribution >= 4 is 28.6 Å². The van der Waals surface area contributed by atoms with E-state index < -0.39 is 11.0 Å². The van der Waals surface area contributed by atoms with Crippen LogP contribution in [0, 0.1) is 17.0 Å². The van der Waals surface area contributed by atoms with Crippen LogP contribution < -0.4 is 4.74 Å². The first-order chi connectivity index (χ1) is 9.38. The molecule has 5 nitrogen and oxygen atoms in total. The molecule has 0 fully saturated rings. The van der Waals surface area contributed by atoms with E-state index in [0.717, 1.165) is 16.9 Å². The first kappa shape index (κ1) is 14.8. The Kier molecular flexibility index (Phi) is 4.27. The van der Waals surface area contributed by atoms with Gasteiger partial charge in [-0.3, -0.25) is 10.1 Å². The second kappa shape index (κ2) is 5.78. The minimum absolute atomic E-state index is 0.146. The van der Waals surface area contributed by atoms with Gasteiger partial charge >= 0.3 is 5.69 Å². The Balaban J connectivity index is 2.36. The Morgan fingerprint density at radius 2 is 2.15 bits per heavy atom. The molecule has 0 saturated carbocycles. The molecular weight excluding hydrogens is 302 g/mol. The summed E-state index contributed by atoms with van der Waals surface area (Å²) in [5, 5.41) is 21.2. The minimum Gasteiger partial charge on any atom is -0.440 e. The molecule has 1 aromatic heterocycles. The van der Waals surface area contributed by atoms with E-state index in [4.69, 9.17) is 16.3 Å². The Labute approximate surface area is 124 Å². The van der Waals surface area contributed by atoms with E-state index in [1.807, 2.05) is 6.92 Å². The molecule has 7 heteroatoms. The number of nitrogens with zero attached hydrogens (tertiary/aromatic N) is 1. The van der Waals surface area contributed by atoms with E-state index in [1.54, 1.807) is 25.1 Å². The molecule has 1 heterocycles. The van der Waals surface area contributed by atoms with E-state index in [0.29, 0.717) is 15.6 Å². The number of nitro groups is 1. The van der Waals surface area contributed by atoms with Gasteiger partial charge in [-0.05, 0) is 37.6 Å². The zero-order chi connectivity index (χ0) is 14.9. The summed E-state index contributed by atoms with van der Waals surface area (Å²) in [6.07, 6.45) is -0.775. The Morgan fingerprint density at radius 3 is 2.70 bits per heavy atom. The Morgan fingerprint density at radius 1 is 1.45 bits per heavy atom. The fourth-order valence-corrected chi connectivity index (χ4v) is 2.63. The van der Waals surface area contributed by atoms with Gasteiger partial charge in [0.1, 0.15) is 5.75 Å². The van der Waals surface area contributed by atoms with Crippen molar-refractivity contribution in [1.29, 1.82) is 0 Å². The fraction of sp³-hybridized carbons (Fsp3) is 0.231. The molecular formula is C13H12ClNO4S. The van der Waals surface area contributed by atoms with Crippen LogP contribution in [0.3, 0.4) is 0 Å². The molecule has 20 heavy (non-hydrogen) atoms. The molecule has 0 saturated heterocycles. The molecule has 0 unspecified atom stereocenters. The lowest BCUT2D eigenvalue weighted by Gasteiger charge is -2.05. The number of aliphatic hydroxyl groups is 1.